The van der Waals surface area contributed by atoms with Crippen molar-refractivity contribution in [2.45, 2.75) is 33.6 Å². The Morgan fingerprint density at radius 1 is 1.57 bits per heavy atom. The van der Waals surface area contributed by atoms with Gasteiger partial charge in [-0.15, -0.1) is 0 Å². The van der Waals surface area contributed by atoms with Gasteiger partial charge in [-0.05, 0) is 18.3 Å². The van der Waals surface area contributed by atoms with E-state index in [-0.39, 0.29) is 11.3 Å². The summed E-state index contributed by atoms with van der Waals surface area (Å²) in [6.07, 6.45) is 1.11. The number of nitrogens with zero attached hydrogens (tertiary/aromatic N) is 1. The molecule has 1 aliphatic heterocycles. The number of piperidine rings is 1. The number of hydrogen-bond acceptors (Lipinski definition) is 1. The lowest BCUT2D eigenvalue weighted by molar-refractivity contribution is 0.122. The normalized spacial score (nSPS) is 23.8. The Bertz CT molecular complexity index is 253. The van der Waals surface area contributed by atoms with E-state index >= 15 is 0 Å². The van der Waals surface area contributed by atoms with Crippen LogP contribution in [-0.4, -0.2) is 22.6 Å². The van der Waals surface area contributed by atoms with Crippen LogP contribution in [0.4, 0.5) is 4.79 Å². The highest BCUT2D eigenvalue weighted by atomic mass is 16.4. The van der Waals surface area contributed by atoms with E-state index in [1.807, 2.05) is 0 Å². The third-order valence-corrected chi connectivity index (χ3v) is 2.90. The van der Waals surface area contributed by atoms with Crippen molar-refractivity contribution in [3.05, 3.63) is 12.3 Å². The fraction of sp³-hybridized carbons (Fsp3) is 0.727. The van der Waals surface area contributed by atoms with E-state index in [9.17, 15) is 4.79 Å². The zero-order valence-corrected chi connectivity index (χ0v) is 9.21. The molecule has 1 heterocycles. The SMILES string of the molecule is C=C1C(C(C)(C)C)CCCN1C(=O)O. The molecule has 80 valence electrons. The van der Waals surface area contributed by atoms with Gasteiger partial charge in [0.1, 0.15) is 0 Å². The van der Waals surface area contributed by atoms with Crippen LogP contribution in [0.1, 0.15) is 33.6 Å². The molecular weight excluding hydrogens is 178 g/mol. The van der Waals surface area contributed by atoms with Crippen molar-refractivity contribution in [2.75, 3.05) is 6.54 Å². The molecule has 1 N–H and O–H groups in total. The molecule has 0 bridgehead atoms. The molecule has 1 unspecified atom stereocenters. The molecule has 1 amide bonds. The van der Waals surface area contributed by atoms with Crippen molar-refractivity contribution in [1.29, 1.82) is 0 Å². The average Bonchev–Trinajstić information content (AvgIpc) is 2.01. The second-order valence-electron chi connectivity index (χ2n) is 4.99. The fourth-order valence-corrected chi connectivity index (χ4v) is 2.10. The van der Waals surface area contributed by atoms with Crippen molar-refractivity contribution in [2.24, 2.45) is 11.3 Å². The van der Waals surface area contributed by atoms with Crippen LogP contribution in [0.3, 0.4) is 0 Å². The first-order valence-electron chi connectivity index (χ1n) is 5.03. The molecule has 1 saturated heterocycles. The first kappa shape index (κ1) is 11.1. The Balaban J connectivity index is 2.82. The third-order valence-electron chi connectivity index (χ3n) is 2.90. The van der Waals surface area contributed by atoms with Crippen molar-refractivity contribution >= 4 is 6.09 Å². The van der Waals surface area contributed by atoms with Gasteiger partial charge in [-0.1, -0.05) is 27.4 Å². The number of carboxylic acid groups (broad SMARTS) is 1. The second-order valence-corrected chi connectivity index (χ2v) is 4.99. The van der Waals surface area contributed by atoms with Gasteiger partial charge in [0.15, 0.2) is 0 Å². The van der Waals surface area contributed by atoms with Gasteiger partial charge in [0.25, 0.3) is 0 Å². The van der Waals surface area contributed by atoms with Crippen LogP contribution in [0.25, 0.3) is 0 Å². The average molecular weight is 197 g/mol. The Kier molecular flexibility index (Phi) is 2.88. The summed E-state index contributed by atoms with van der Waals surface area (Å²) in [7, 11) is 0. The zero-order chi connectivity index (χ0) is 10.9. The van der Waals surface area contributed by atoms with Gasteiger partial charge in [0, 0.05) is 18.2 Å². The highest BCUT2D eigenvalue weighted by Gasteiger charge is 2.34. The van der Waals surface area contributed by atoms with Gasteiger partial charge in [-0.25, -0.2) is 4.79 Å². The summed E-state index contributed by atoms with van der Waals surface area (Å²) in [6.45, 7) is 10.9. The molecule has 1 fully saturated rings. The smallest absolute Gasteiger partial charge is 0.411 e. The molecule has 1 rings (SSSR count). The predicted octanol–water partition coefficient (Wildman–Crippen LogP) is 2.94. The number of rotatable bonds is 0. The molecule has 1 atom stereocenters. The fourth-order valence-electron chi connectivity index (χ4n) is 2.10. The van der Waals surface area contributed by atoms with Gasteiger partial charge >= 0.3 is 6.09 Å². The summed E-state index contributed by atoms with van der Waals surface area (Å²) in [5.74, 6) is 0.285. The number of hydrogen-bond donors (Lipinski definition) is 1. The summed E-state index contributed by atoms with van der Waals surface area (Å²) in [6, 6.07) is 0. The van der Waals surface area contributed by atoms with Crippen molar-refractivity contribution in [3.8, 4) is 0 Å². The standard InChI is InChI=1S/C11H19NO2/c1-8-9(11(2,3)4)6-5-7-12(8)10(13)14/h9H,1,5-7H2,2-4H3,(H,13,14). The van der Waals surface area contributed by atoms with Crippen LogP contribution in [0.2, 0.25) is 0 Å². The highest BCUT2D eigenvalue weighted by Crippen LogP contribution is 2.39. The molecular formula is C11H19NO2. The molecule has 0 radical (unpaired) electrons. The van der Waals surface area contributed by atoms with Crippen molar-refractivity contribution < 1.29 is 9.90 Å². The summed E-state index contributed by atoms with van der Waals surface area (Å²) in [5, 5.41) is 8.96. The van der Waals surface area contributed by atoms with Gasteiger partial charge in [-0.2, -0.15) is 0 Å². The molecule has 0 aromatic carbocycles. The summed E-state index contributed by atoms with van der Waals surface area (Å²) < 4.78 is 0. The van der Waals surface area contributed by atoms with Crippen LogP contribution < -0.4 is 0 Å². The maximum atomic E-state index is 10.9. The first-order valence-corrected chi connectivity index (χ1v) is 5.03. The molecule has 1 aliphatic rings. The summed E-state index contributed by atoms with van der Waals surface area (Å²) in [4.78, 5) is 12.3. The van der Waals surface area contributed by atoms with Gasteiger partial charge in [0.2, 0.25) is 0 Å². The van der Waals surface area contributed by atoms with Crippen LogP contribution in [0, 0.1) is 11.3 Å². The maximum absolute atomic E-state index is 10.9. The number of allylic oxidation sites excluding steroid dienone is 1. The van der Waals surface area contributed by atoms with Crippen molar-refractivity contribution in [1.82, 2.24) is 4.90 Å². The molecule has 14 heavy (non-hydrogen) atoms. The quantitative estimate of drug-likeness (QED) is 0.648. The van der Waals surface area contributed by atoms with E-state index in [1.54, 1.807) is 0 Å². The monoisotopic (exact) mass is 197 g/mol. The van der Waals surface area contributed by atoms with Gasteiger partial charge < -0.3 is 5.11 Å². The molecule has 0 saturated carbocycles. The van der Waals surface area contributed by atoms with E-state index in [0.717, 1.165) is 18.5 Å². The van der Waals surface area contributed by atoms with E-state index < -0.39 is 6.09 Å². The minimum absolute atomic E-state index is 0.102. The molecule has 0 spiro atoms. The molecule has 3 nitrogen and oxygen atoms in total. The van der Waals surface area contributed by atoms with Crippen molar-refractivity contribution in [3.63, 3.8) is 0 Å². The lowest BCUT2D eigenvalue weighted by Crippen LogP contribution is -2.40. The lowest BCUT2D eigenvalue weighted by atomic mass is 9.74. The van der Waals surface area contributed by atoms with Crippen LogP contribution in [-0.2, 0) is 0 Å². The van der Waals surface area contributed by atoms with Gasteiger partial charge in [0.05, 0.1) is 0 Å². The van der Waals surface area contributed by atoms with E-state index in [4.69, 9.17) is 5.11 Å². The first-order chi connectivity index (χ1) is 6.34. The number of carbonyl (C=O) groups is 1. The van der Waals surface area contributed by atoms with E-state index in [0.29, 0.717) is 6.54 Å². The largest absolute Gasteiger partial charge is 0.465 e. The third kappa shape index (κ3) is 2.08. The maximum Gasteiger partial charge on any atom is 0.411 e. The molecule has 3 heteroatoms. The van der Waals surface area contributed by atoms with Crippen LogP contribution in [0.15, 0.2) is 12.3 Å². The van der Waals surface area contributed by atoms with E-state index in [2.05, 4.69) is 27.4 Å². The Morgan fingerprint density at radius 2 is 2.14 bits per heavy atom. The van der Waals surface area contributed by atoms with Crippen LogP contribution >= 0.6 is 0 Å². The van der Waals surface area contributed by atoms with Gasteiger partial charge in [-0.3, -0.25) is 4.90 Å². The summed E-state index contributed by atoms with van der Waals surface area (Å²) >= 11 is 0. The Morgan fingerprint density at radius 3 is 2.57 bits per heavy atom. The predicted molar refractivity (Wildman–Crippen MR) is 56.0 cm³/mol. The summed E-state index contributed by atoms with van der Waals surface area (Å²) in [5.41, 5.74) is 0.863. The Hall–Kier alpha value is -0.990. The Labute approximate surface area is 85.4 Å². The molecule has 0 aliphatic carbocycles. The lowest BCUT2D eigenvalue weighted by Gasteiger charge is -2.40. The number of likely N-dealkylation sites (tertiary alicyclic amines) is 1. The molecule has 0 aromatic heterocycles. The molecule has 0 aromatic rings. The van der Waals surface area contributed by atoms with E-state index in [1.165, 1.54) is 4.90 Å². The zero-order valence-electron chi connectivity index (χ0n) is 9.21. The minimum atomic E-state index is -0.871. The minimum Gasteiger partial charge on any atom is -0.465 e. The highest BCUT2D eigenvalue weighted by molar-refractivity contribution is 5.67. The number of amides is 1. The topological polar surface area (TPSA) is 40.5 Å². The van der Waals surface area contributed by atoms with Crippen LogP contribution in [0.5, 0.6) is 0 Å². The second kappa shape index (κ2) is 3.64.